The number of anilines is 1. The van der Waals surface area contributed by atoms with Crippen molar-refractivity contribution in [2.24, 2.45) is 0 Å². The van der Waals surface area contributed by atoms with Gasteiger partial charge in [-0.3, -0.25) is 9.69 Å². The summed E-state index contributed by atoms with van der Waals surface area (Å²) in [5.41, 5.74) is 0.882. The Hall–Kier alpha value is -1.25. The predicted octanol–water partition coefficient (Wildman–Crippen LogP) is 0.307. The summed E-state index contributed by atoms with van der Waals surface area (Å²) in [6, 6.07) is -0.248. The molecule has 2 N–H and O–H groups in total. The SMILES string of the molecule is CCCNC(=O)C1COCCN1Cc1nnsc1NC. The number of aromatic nitrogens is 2. The maximum absolute atomic E-state index is 12.2. The molecule has 0 radical (unpaired) electrons. The number of morpholine rings is 1. The van der Waals surface area contributed by atoms with Crippen LogP contribution in [0.25, 0.3) is 0 Å². The maximum atomic E-state index is 12.2. The molecule has 0 bridgehead atoms. The third-order valence-corrected chi connectivity index (χ3v) is 4.01. The molecule has 1 fully saturated rings. The molecule has 20 heavy (non-hydrogen) atoms. The molecule has 1 aliphatic heterocycles. The van der Waals surface area contributed by atoms with Gasteiger partial charge in [-0.15, -0.1) is 5.10 Å². The molecule has 1 aliphatic rings. The molecule has 2 rings (SSSR count). The van der Waals surface area contributed by atoms with Crippen LogP contribution >= 0.6 is 11.5 Å². The molecule has 0 aliphatic carbocycles. The molecule has 8 heteroatoms. The van der Waals surface area contributed by atoms with E-state index in [1.54, 1.807) is 0 Å². The summed E-state index contributed by atoms with van der Waals surface area (Å²) >= 11 is 1.33. The summed E-state index contributed by atoms with van der Waals surface area (Å²) in [4.78, 5) is 14.3. The number of carbonyl (C=O) groups excluding carboxylic acids is 1. The minimum Gasteiger partial charge on any atom is -0.378 e. The van der Waals surface area contributed by atoms with E-state index in [2.05, 4.69) is 25.1 Å². The number of nitrogens with zero attached hydrogens (tertiary/aromatic N) is 3. The normalized spacial score (nSPS) is 19.8. The summed E-state index contributed by atoms with van der Waals surface area (Å²) in [7, 11) is 1.85. The Morgan fingerprint density at radius 2 is 2.45 bits per heavy atom. The minimum absolute atomic E-state index is 0.0285. The molecule has 1 amide bonds. The summed E-state index contributed by atoms with van der Waals surface area (Å²) < 4.78 is 9.39. The Labute approximate surface area is 122 Å². The zero-order valence-corrected chi connectivity index (χ0v) is 12.7. The van der Waals surface area contributed by atoms with E-state index in [4.69, 9.17) is 4.74 Å². The first kappa shape index (κ1) is 15.1. The first-order valence-electron chi connectivity index (χ1n) is 6.84. The predicted molar refractivity (Wildman–Crippen MR) is 77.8 cm³/mol. The molecule has 0 saturated carbocycles. The fourth-order valence-corrected chi connectivity index (χ4v) is 2.65. The van der Waals surface area contributed by atoms with Crippen LogP contribution in [0.1, 0.15) is 19.0 Å². The van der Waals surface area contributed by atoms with Crippen molar-refractivity contribution in [3.63, 3.8) is 0 Å². The summed E-state index contributed by atoms with van der Waals surface area (Å²) in [6.45, 7) is 5.15. The van der Waals surface area contributed by atoms with Gasteiger partial charge in [-0.25, -0.2) is 0 Å². The van der Waals surface area contributed by atoms with Crippen LogP contribution < -0.4 is 10.6 Å². The van der Waals surface area contributed by atoms with Crippen molar-refractivity contribution in [3.8, 4) is 0 Å². The highest BCUT2D eigenvalue weighted by Gasteiger charge is 2.30. The van der Waals surface area contributed by atoms with Gasteiger partial charge in [0.1, 0.15) is 16.7 Å². The number of nitrogens with one attached hydrogen (secondary N) is 2. The first-order valence-corrected chi connectivity index (χ1v) is 7.62. The molecule has 1 aromatic rings. The Morgan fingerprint density at radius 3 is 3.20 bits per heavy atom. The van der Waals surface area contributed by atoms with Crippen molar-refractivity contribution in [1.82, 2.24) is 19.8 Å². The standard InChI is InChI=1S/C12H21N5O2S/c1-3-4-14-11(18)10-8-19-6-5-17(10)7-9-12(13-2)20-16-15-9/h10,13H,3-8H2,1-2H3,(H,14,18). The lowest BCUT2D eigenvalue weighted by molar-refractivity contribution is -0.133. The van der Waals surface area contributed by atoms with Gasteiger partial charge in [0.25, 0.3) is 0 Å². The summed E-state index contributed by atoms with van der Waals surface area (Å²) in [5.74, 6) is 0.0285. The first-order chi connectivity index (χ1) is 9.76. The zero-order valence-electron chi connectivity index (χ0n) is 11.9. The molecule has 112 valence electrons. The van der Waals surface area contributed by atoms with Crippen LogP contribution in [-0.2, 0) is 16.1 Å². The minimum atomic E-state index is -0.248. The average molecular weight is 299 g/mol. The van der Waals surface area contributed by atoms with Gasteiger partial charge in [0.05, 0.1) is 13.2 Å². The molecule has 0 aromatic carbocycles. The van der Waals surface area contributed by atoms with Gasteiger partial charge in [-0.2, -0.15) is 0 Å². The van der Waals surface area contributed by atoms with Crippen molar-refractivity contribution in [2.75, 3.05) is 38.7 Å². The van der Waals surface area contributed by atoms with E-state index in [9.17, 15) is 4.79 Å². The molecule has 2 heterocycles. The van der Waals surface area contributed by atoms with E-state index >= 15 is 0 Å². The fourth-order valence-electron chi connectivity index (χ4n) is 2.13. The van der Waals surface area contributed by atoms with E-state index in [1.807, 2.05) is 14.0 Å². The largest absolute Gasteiger partial charge is 0.378 e. The van der Waals surface area contributed by atoms with Crippen LogP contribution in [0, 0.1) is 0 Å². The molecule has 1 unspecified atom stereocenters. The number of rotatable bonds is 6. The van der Waals surface area contributed by atoms with Crippen LogP contribution in [0.2, 0.25) is 0 Å². The second kappa shape index (κ2) is 7.51. The highest BCUT2D eigenvalue weighted by atomic mass is 32.1. The van der Waals surface area contributed by atoms with Gasteiger partial charge in [0, 0.05) is 38.2 Å². The number of hydrogen-bond acceptors (Lipinski definition) is 7. The highest BCUT2D eigenvalue weighted by molar-refractivity contribution is 7.10. The molecule has 1 aromatic heterocycles. The lowest BCUT2D eigenvalue weighted by atomic mass is 10.2. The second-order valence-electron chi connectivity index (χ2n) is 4.65. The van der Waals surface area contributed by atoms with E-state index in [0.717, 1.165) is 23.7 Å². The Balaban J connectivity index is 2.01. The van der Waals surface area contributed by atoms with Gasteiger partial charge in [0.2, 0.25) is 5.91 Å². The number of carbonyl (C=O) groups is 1. The van der Waals surface area contributed by atoms with E-state index < -0.39 is 0 Å². The van der Waals surface area contributed by atoms with Crippen molar-refractivity contribution in [2.45, 2.75) is 25.9 Å². The van der Waals surface area contributed by atoms with Gasteiger partial charge in [0.15, 0.2) is 0 Å². The van der Waals surface area contributed by atoms with E-state index in [0.29, 0.717) is 26.3 Å². The van der Waals surface area contributed by atoms with Gasteiger partial charge in [-0.1, -0.05) is 11.4 Å². The fraction of sp³-hybridized carbons (Fsp3) is 0.750. The quantitative estimate of drug-likeness (QED) is 0.787. The van der Waals surface area contributed by atoms with Crippen molar-refractivity contribution in [1.29, 1.82) is 0 Å². The molecule has 7 nitrogen and oxygen atoms in total. The zero-order chi connectivity index (χ0) is 14.4. The van der Waals surface area contributed by atoms with Crippen LogP contribution in [0.4, 0.5) is 5.00 Å². The lowest BCUT2D eigenvalue weighted by Gasteiger charge is -2.34. The third-order valence-electron chi connectivity index (χ3n) is 3.23. The third kappa shape index (κ3) is 3.65. The number of amides is 1. The number of ether oxygens (including phenoxy) is 1. The smallest absolute Gasteiger partial charge is 0.239 e. The number of hydrogen-bond donors (Lipinski definition) is 2. The average Bonchev–Trinajstić information content (AvgIpc) is 2.92. The Bertz CT molecular complexity index is 439. The second-order valence-corrected chi connectivity index (χ2v) is 5.41. The Kier molecular flexibility index (Phi) is 5.69. The van der Waals surface area contributed by atoms with Crippen molar-refractivity contribution < 1.29 is 9.53 Å². The monoisotopic (exact) mass is 299 g/mol. The molecule has 0 spiro atoms. The van der Waals surface area contributed by atoms with E-state index in [1.165, 1.54) is 11.5 Å². The van der Waals surface area contributed by atoms with Crippen LogP contribution in [0.15, 0.2) is 0 Å². The maximum Gasteiger partial charge on any atom is 0.239 e. The van der Waals surface area contributed by atoms with Gasteiger partial charge < -0.3 is 15.4 Å². The highest BCUT2D eigenvalue weighted by Crippen LogP contribution is 2.20. The Morgan fingerprint density at radius 1 is 1.60 bits per heavy atom. The van der Waals surface area contributed by atoms with Gasteiger partial charge in [-0.05, 0) is 6.42 Å². The molecule has 1 atom stereocenters. The summed E-state index contributed by atoms with van der Waals surface area (Å²) in [5, 5.41) is 11.1. The van der Waals surface area contributed by atoms with Crippen LogP contribution in [0.5, 0.6) is 0 Å². The van der Waals surface area contributed by atoms with E-state index in [-0.39, 0.29) is 11.9 Å². The topological polar surface area (TPSA) is 79.4 Å². The van der Waals surface area contributed by atoms with Crippen LogP contribution in [0.3, 0.4) is 0 Å². The van der Waals surface area contributed by atoms with Crippen molar-refractivity contribution in [3.05, 3.63) is 5.69 Å². The van der Waals surface area contributed by atoms with Crippen molar-refractivity contribution >= 4 is 22.4 Å². The van der Waals surface area contributed by atoms with Gasteiger partial charge >= 0.3 is 0 Å². The summed E-state index contributed by atoms with van der Waals surface area (Å²) in [6.07, 6.45) is 0.930. The lowest BCUT2D eigenvalue weighted by Crippen LogP contribution is -2.53. The molecular weight excluding hydrogens is 278 g/mol. The molecular formula is C12H21N5O2S. The van der Waals surface area contributed by atoms with Crippen LogP contribution in [-0.4, -0.2) is 59.8 Å². The molecule has 1 saturated heterocycles.